The molecule has 4 aliphatic rings. The summed E-state index contributed by atoms with van der Waals surface area (Å²) in [5.41, 5.74) is 1.79. The highest BCUT2D eigenvalue weighted by Gasteiger charge is 2.51. The van der Waals surface area contributed by atoms with Crippen LogP contribution >= 0.6 is 0 Å². The van der Waals surface area contributed by atoms with E-state index in [0.717, 1.165) is 24.7 Å². The van der Waals surface area contributed by atoms with Gasteiger partial charge in [-0.1, -0.05) is 0 Å². The number of amides is 1. The first-order valence-corrected chi connectivity index (χ1v) is 7.90. The Hall–Kier alpha value is -1.36. The molecule has 5 nitrogen and oxygen atoms in total. The molecule has 4 heterocycles. The highest BCUT2D eigenvalue weighted by molar-refractivity contribution is 5.93. The molecule has 0 aromatic carbocycles. The molecule has 20 heavy (non-hydrogen) atoms. The monoisotopic (exact) mass is 272 g/mol. The van der Waals surface area contributed by atoms with Crippen molar-refractivity contribution in [2.24, 2.45) is 5.92 Å². The van der Waals surface area contributed by atoms with Crippen molar-refractivity contribution in [2.75, 3.05) is 19.6 Å². The van der Waals surface area contributed by atoms with Gasteiger partial charge in [-0.05, 0) is 44.2 Å². The largest absolute Gasteiger partial charge is 0.328 e. The minimum Gasteiger partial charge on any atom is -0.328 e. The van der Waals surface area contributed by atoms with E-state index in [9.17, 15) is 4.79 Å². The summed E-state index contributed by atoms with van der Waals surface area (Å²) in [6, 6.07) is 2.86. The number of hydrogen-bond acceptors (Lipinski definition) is 3. The second-order valence-electron chi connectivity index (χ2n) is 6.96. The minimum absolute atomic E-state index is 0.159. The number of H-pyrrole nitrogens is 1. The van der Waals surface area contributed by atoms with E-state index >= 15 is 0 Å². The third-order valence-corrected chi connectivity index (χ3v) is 5.67. The average Bonchev–Trinajstić information content (AvgIpc) is 3.17. The number of aromatic amines is 1. The fourth-order valence-electron chi connectivity index (χ4n) is 4.49. The van der Waals surface area contributed by atoms with Crippen molar-refractivity contribution >= 4 is 5.91 Å². The Bertz CT molecular complexity index is 560. The molecule has 5 rings (SSSR count). The van der Waals surface area contributed by atoms with Crippen LogP contribution in [0.3, 0.4) is 0 Å². The lowest BCUT2D eigenvalue weighted by atomic mass is 9.93. The zero-order chi connectivity index (χ0) is 13.3. The van der Waals surface area contributed by atoms with Crippen molar-refractivity contribution < 1.29 is 4.79 Å². The number of nitrogens with zero attached hydrogens (tertiary/aromatic N) is 3. The van der Waals surface area contributed by atoms with Crippen LogP contribution in [0, 0.1) is 5.92 Å². The maximum absolute atomic E-state index is 12.8. The van der Waals surface area contributed by atoms with Crippen molar-refractivity contribution in [3.8, 4) is 0 Å². The Morgan fingerprint density at radius 1 is 1.30 bits per heavy atom. The van der Waals surface area contributed by atoms with Crippen LogP contribution in [-0.2, 0) is 0 Å². The van der Waals surface area contributed by atoms with Gasteiger partial charge >= 0.3 is 0 Å². The second kappa shape index (κ2) is 3.85. The van der Waals surface area contributed by atoms with Gasteiger partial charge in [0.15, 0.2) is 0 Å². The standard InChI is InChI=1S/C15H20N4O/c20-15(13-6-12(16-17-13)9-1-2-9)19-11-5-10-3-4-18(7-11)8-14(10)19/h6,9-11,14H,1-5,7-8H2,(H,16,17)/t10-,11-,14-/m0/s1. The third kappa shape index (κ3) is 1.53. The fourth-order valence-corrected chi connectivity index (χ4v) is 4.49. The van der Waals surface area contributed by atoms with E-state index in [1.54, 1.807) is 0 Å². The van der Waals surface area contributed by atoms with Crippen molar-refractivity contribution in [2.45, 2.75) is 43.7 Å². The Labute approximate surface area is 118 Å². The highest BCUT2D eigenvalue weighted by atomic mass is 16.2. The molecule has 3 saturated heterocycles. The molecule has 4 atom stereocenters. The van der Waals surface area contributed by atoms with Crippen molar-refractivity contribution in [1.29, 1.82) is 0 Å². The smallest absolute Gasteiger partial charge is 0.274 e. The van der Waals surface area contributed by atoms with Gasteiger partial charge in [-0.2, -0.15) is 5.10 Å². The van der Waals surface area contributed by atoms with Gasteiger partial charge in [0.1, 0.15) is 5.69 Å². The molecule has 1 aromatic rings. The number of piperidine rings is 1. The first-order valence-electron chi connectivity index (χ1n) is 7.90. The van der Waals surface area contributed by atoms with Gasteiger partial charge in [0.05, 0.1) is 0 Å². The Kier molecular flexibility index (Phi) is 2.18. The maximum Gasteiger partial charge on any atom is 0.274 e. The molecule has 0 spiro atoms. The number of rotatable bonds is 2. The van der Waals surface area contributed by atoms with Crippen LogP contribution in [0.15, 0.2) is 6.07 Å². The average molecular weight is 272 g/mol. The topological polar surface area (TPSA) is 52.2 Å². The lowest BCUT2D eigenvalue weighted by Crippen LogP contribution is -2.58. The summed E-state index contributed by atoms with van der Waals surface area (Å²) in [6.45, 7) is 3.37. The van der Waals surface area contributed by atoms with Crippen molar-refractivity contribution in [1.82, 2.24) is 20.0 Å². The molecule has 1 saturated carbocycles. The molecule has 3 aliphatic heterocycles. The number of piperazine rings is 1. The van der Waals surface area contributed by atoms with Crippen LogP contribution in [0.2, 0.25) is 0 Å². The SMILES string of the molecule is O=C(c1cc(C2CC2)[nH]n1)N1[C@H]2C[C@@H]3CCN(C2)C[C@@H]31. The highest BCUT2D eigenvalue weighted by Crippen LogP contribution is 2.42. The Morgan fingerprint density at radius 2 is 2.20 bits per heavy atom. The number of nitrogens with one attached hydrogen (secondary N) is 1. The van der Waals surface area contributed by atoms with Crippen LogP contribution in [0.1, 0.15) is 47.8 Å². The van der Waals surface area contributed by atoms with E-state index in [1.165, 1.54) is 32.2 Å². The molecule has 1 amide bonds. The molecule has 106 valence electrons. The van der Waals surface area contributed by atoms with Gasteiger partial charge < -0.3 is 4.90 Å². The summed E-state index contributed by atoms with van der Waals surface area (Å²) in [7, 11) is 0. The van der Waals surface area contributed by atoms with Crippen LogP contribution in [-0.4, -0.2) is 57.6 Å². The van der Waals surface area contributed by atoms with E-state index in [-0.39, 0.29) is 5.91 Å². The van der Waals surface area contributed by atoms with E-state index < -0.39 is 0 Å². The summed E-state index contributed by atoms with van der Waals surface area (Å²) in [5.74, 6) is 1.51. The molecule has 0 radical (unpaired) electrons. The first-order chi connectivity index (χ1) is 9.79. The van der Waals surface area contributed by atoms with Gasteiger partial charge in [-0.15, -0.1) is 0 Å². The van der Waals surface area contributed by atoms with Crippen molar-refractivity contribution in [3.63, 3.8) is 0 Å². The fraction of sp³-hybridized carbons (Fsp3) is 0.733. The zero-order valence-corrected chi connectivity index (χ0v) is 11.6. The second-order valence-corrected chi connectivity index (χ2v) is 6.96. The Morgan fingerprint density at radius 3 is 3.05 bits per heavy atom. The molecule has 4 fully saturated rings. The number of carbonyl (C=O) groups excluding carboxylic acids is 1. The predicted octanol–water partition coefficient (Wildman–Crippen LogP) is 1.21. The Balaban J connectivity index is 1.43. The lowest BCUT2D eigenvalue weighted by molar-refractivity contribution is 0.0257. The van der Waals surface area contributed by atoms with Gasteiger partial charge in [-0.25, -0.2) is 0 Å². The molecule has 1 unspecified atom stereocenters. The summed E-state index contributed by atoms with van der Waals surface area (Å²) >= 11 is 0. The van der Waals surface area contributed by atoms with Gasteiger partial charge in [0.2, 0.25) is 0 Å². The first kappa shape index (κ1) is 11.3. The maximum atomic E-state index is 12.8. The van der Waals surface area contributed by atoms with E-state index in [1.807, 2.05) is 6.07 Å². The van der Waals surface area contributed by atoms with Crippen LogP contribution < -0.4 is 0 Å². The number of aromatic nitrogens is 2. The lowest BCUT2D eigenvalue weighted by Gasteiger charge is -2.44. The van der Waals surface area contributed by atoms with Gasteiger partial charge in [0.25, 0.3) is 5.91 Å². The molecule has 1 N–H and O–H groups in total. The quantitative estimate of drug-likeness (QED) is 0.880. The molecule has 3 bridgehead atoms. The van der Waals surface area contributed by atoms with Crippen LogP contribution in [0.4, 0.5) is 0 Å². The van der Waals surface area contributed by atoms with E-state index in [0.29, 0.717) is 23.7 Å². The minimum atomic E-state index is 0.159. The number of fused-ring (bicyclic) bond motifs is 2. The van der Waals surface area contributed by atoms with Crippen LogP contribution in [0.5, 0.6) is 0 Å². The zero-order valence-electron chi connectivity index (χ0n) is 11.6. The third-order valence-electron chi connectivity index (χ3n) is 5.67. The molecule has 5 heteroatoms. The predicted molar refractivity (Wildman–Crippen MR) is 73.5 cm³/mol. The molecular formula is C15H20N4O. The normalized spacial score (nSPS) is 38.5. The number of carbonyl (C=O) groups is 1. The van der Waals surface area contributed by atoms with Gasteiger partial charge in [0, 0.05) is 36.8 Å². The van der Waals surface area contributed by atoms with Gasteiger partial charge in [-0.3, -0.25) is 14.8 Å². The van der Waals surface area contributed by atoms with E-state index in [4.69, 9.17) is 0 Å². The van der Waals surface area contributed by atoms with E-state index in [2.05, 4.69) is 20.0 Å². The number of hydrogen-bond donors (Lipinski definition) is 1. The summed E-state index contributed by atoms with van der Waals surface area (Å²) in [6.07, 6.45) is 4.94. The summed E-state index contributed by atoms with van der Waals surface area (Å²) in [5, 5.41) is 7.35. The molecular weight excluding hydrogens is 252 g/mol. The van der Waals surface area contributed by atoms with Crippen LogP contribution in [0.25, 0.3) is 0 Å². The van der Waals surface area contributed by atoms with Crippen molar-refractivity contribution in [3.05, 3.63) is 17.5 Å². The summed E-state index contributed by atoms with van der Waals surface area (Å²) < 4.78 is 0. The summed E-state index contributed by atoms with van der Waals surface area (Å²) in [4.78, 5) is 17.5. The molecule has 1 aliphatic carbocycles. The molecule has 1 aromatic heterocycles.